The molecule has 1 saturated carbocycles. The first-order valence-electron chi connectivity index (χ1n) is 8.12. The van der Waals surface area contributed by atoms with Crippen molar-refractivity contribution >= 4 is 11.8 Å². The van der Waals surface area contributed by atoms with Crippen LogP contribution >= 0.6 is 0 Å². The maximum Gasteiger partial charge on any atom is 0.260 e. The quantitative estimate of drug-likeness (QED) is 0.872. The van der Waals surface area contributed by atoms with Crippen LogP contribution in [0.5, 0.6) is 5.75 Å². The lowest BCUT2D eigenvalue weighted by molar-refractivity contribution is -0.132. The minimum Gasteiger partial charge on any atom is -0.483 e. The van der Waals surface area contributed by atoms with E-state index in [1.165, 1.54) is 12.1 Å². The Morgan fingerprint density at radius 1 is 1.26 bits per heavy atom. The van der Waals surface area contributed by atoms with Crippen LogP contribution in [0.2, 0.25) is 0 Å². The fourth-order valence-corrected chi connectivity index (χ4v) is 2.66. The van der Waals surface area contributed by atoms with Crippen molar-refractivity contribution in [1.29, 1.82) is 0 Å². The van der Waals surface area contributed by atoms with Crippen LogP contribution in [0.4, 0.5) is 4.39 Å². The molecule has 1 aliphatic heterocycles. The first-order chi connectivity index (χ1) is 11.1. The van der Waals surface area contributed by atoms with Crippen molar-refractivity contribution in [1.82, 2.24) is 10.2 Å². The van der Waals surface area contributed by atoms with Crippen LogP contribution in [-0.4, -0.2) is 43.0 Å². The van der Waals surface area contributed by atoms with E-state index in [9.17, 15) is 14.0 Å². The maximum atomic E-state index is 13.5. The molecular formula is C17H21FN2O3. The van der Waals surface area contributed by atoms with Crippen molar-refractivity contribution in [3.05, 3.63) is 29.6 Å². The summed E-state index contributed by atoms with van der Waals surface area (Å²) in [4.78, 5) is 26.0. The van der Waals surface area contributed by atoms with Crippen LogP contribution in [0, 0.1) is 11.7 Å². The van der Waals surface area contributed by atoms with Crippen LogP contribution < -0.4 is 10.1 Å². The Morgan fingerprint density at radius 3 is 2.70 bits per heavy atom. The average molecular weight is 320 g/mol. The van der Waals surface area contributed by atoms with Crippen molar-refractivity contribution in [2.75, 3.05) is 26.2 Å². The number of likely N-dealkylation sites (tertiary alicyclic amines) is 1. The smallest absolute Gasteiger partial charge is 0.260 e. The number of ether oxygens (including phenoxy) is 1. The highest BCUT2D eigenvalue weighted by Gasteiger charge is 2.23. The average Bonchev–Trinajstić information content (AvgIpc) is 3.22. The van der Waals surface area contributed by atoms with Crippen molar-refractivity contribution < 1.29 is 18.7 Å². The number of hydrogen-bond acceptors (Lipinski definition) is 3. The lowest BCUT2D eigenvalue weighted by Crippen LogP contribution is -2.32. The van der Waals surface area contributed by atoms with Gasteiger partial charge in [0.25, 0.3) is 11.8 Å². The second kappa shape index (κ2) is 6.98. The van der Waals surface area contributed by atoms with E-state index in [1.54, 1.807) is 4.90 Å². The minimum absolute atomic E-state index is 0.101. The summed E-state index contributed by atoms with van der Waals surface area (Å²) in [6, 6.07) is 3.78. The van der Waals surface area contributed by atoms with Gasteiger partial charge >= 0.3 is 0 Å². The van der Waals surface area contributed by atoms with Gasteiger partial charge in [0.15, 0.2) is 6.61 Å². The van der Waals surface area contributed by atoms with Gasteiger partial charge in [0.05, 0.1) is 5.56 Å². The number of carbonyl (C=O) groups is 2. The van der Waals surface area contributed by atoms with Gasteiger partial charge in [-0.25, -0.2) is 4.39 Å². The number of carbonyl (C=O) groups excluding carboxylic acids is 2. The third-order valence-electron chi connectivity index (χ3n) is 4.24. The van der Waals surface area contributed by atoms with Crippen molar-refractivity contribution in [3.8, 4) is 5.75 Å². The zero-order valence-electron chi connectivity index (χ0n) is 13.0. The van der Waals surface area contributed by atoms with Gasteiger partial charge in [-0.3, -0.25) is 9.59 Å². The van der Waals surface area contributed by atoms with E-state index in [0.717, 1.165) is 44.8 Å². The molecule has 23 heavy (non-hydrogen) atoms. The molecule has 2 aliphatic rings. The largest absolute Gasteiger partial charge is 0.483 e. The molecule has 1 aliphatic carbocycles. The van der Waals surface area contributed by atoms with Crippen LogP contribution in [0.1, 0.15) is 36.0 Å². The van der Waals surface area contributed by atoms with E-state index in [2.05, 4.69) is 5.32 Å². The van der Waals surface area contributed by atoms with Crippen LogP contribution in [0.15, 0.2) is 18.2 Å². The number of nitrogens with one attached hydrogen (secondary N) is 1. The molecule has 124 valence electrons. The normalized spacial score (nSPS) is 17.2. The zero-order valence-corrected chi connectivity index (χ0v) is 13.0. The van der Waals surface area contributed by atoms with Crippen LogP contribution in [0.3, 0.4) is 0 Å². The first-order valence-corrected chi connectivity index (χ1v) is 8.12. The summed E-state index contributed by atoms with van der Waals surface area (Å²) in [6.45, 7) is 1.97. The molecule has 2 fully saturated rings. The van der Waals surface area contributed by atoms with Crippen molar-refractivity contribution in [2.45, 2.75) is 25.7 Å². The van der Waals surface area contributed by atoms with Gasteiger partial charge in [-0.1, -0.05) is 0 Å². The fourth-order valence-electron chi connectivity index (χ4n) is 2.66. The Labute approximate surface area is 134 Å². The van der Waals surface area contributed by atoms with E-state index in [0.29, 0.717) is 12.5 Å². The molecule has 0 aromatic heterocycles. The second-order valence-electron chi connectivity index (χ2n) is 6.17. The number of rotatable bonds is 6. The number of halogens is 1. The predicted molar refractivity (Wildman–Crippen MR) is 82.8 cm³/mol. The molecule has 5 nitrogen and oxygen atoms in total. The van der Waals surface area contributed by atoms with Gasteiger partial charge in [0, 0.05) is 19.6 Å². The maximum absolute atomic E-state index is 13.5. The summed E-state index contributed by atoms with van der Waals surface area (Å²) in [6.07, 6.45) is 4.27. The summed E-state index contributed by atoms with van der Waals surface area (Å²) in [5, 5.41) is 2.79. The molecule has 0 spiro atoms. The number of hydrogen-bond donors (Lipinski definition) is 1. The summed E-state index contributed by atoms with van der Waals surface area (Å²) in [5.41, 5.74) is 0.139. The Balaban J connectivity index is 1.62. The highest BCUT2D eigenvalue weighted by Crippen LogP contribution is 2.28. The van der Waals surface area contributed by atoms with E-state index < -0.39 is 5.82 Å². The fraction of sp³-hybridized carbons (Fsp3) is 0.529. The number of nitrogens with zero attached hydrogens (tertiary/aromatic N) is 1. The molecule has 2 amide bonds. The Kier molecular flexibility index (Phi) is 4.79. The molecule has 1 aromatic carbocycles. The topological polar surface area (TPSA) is 58.6 Å². The Hall–Kier alpha value is -2.11. The summed E-state index contributed by atoms with van der Waals surface area (Å²) >= 11 is 0. The van der Waals surface area contributed by atoms with Crippen LogP contribution in [-0.2, 0) is 4.79 Å². The SMILES string of the molecule is O=C(NCC1CC1)c1cc(F)ccc1OCC(=O)N1CCCC1. The standard InChI is InChI=1S/C17H21FN2O3/c18-13-5-6-15(23-11-16(21)20-7-1-2-8-20)14(9-13)17(22)19-10-12-3-4-12/h5-6,9,12H,1-4,7-8,10-11H2,(H,19,22). The van der Waals surface area contributed by atoms with Gasteiger partial charge in [-0.05, 0) is 49.8 Å². The van der Waals surface area contributed by atoms with Crippen LogP contribution in [0.25, 0.3) is 0 Å². The number of amides is 2. The molecule has 0 radical (unpaired) electrons. The zero-order chi connectivity index (χ0) is 16.2. The van der Waals surface area contributed by atoms with Gasteiger partial charge in [-0.2, -0.15) is 0 Å². The van der Waals surface area contributed by atoms with Gasteiger partial charge < -0.3 is 15.0 Å². The van der Waals surface area contributed by atoms with E-state index in [1.807, 2.05) is 0 Å². The second-order valence-corrected chi connectivity index (χ2v) is 6.17. The molecular weight excluding hydrogens is 299 g/mol. The molecule has 6 heteroatoms. The molecule has 0 atom stereocenters. The molecule has 1 saturated heterocycles. The Bertz CT molecular complexity index is 596. The summed E-state index contributed by atoms with van der Waals surface area (Å²) in [7, 11) is 0. The van der Waals surface area contributed by atoms with E-state index >= 15 is 0 Å². The van der Waals surface area contributed by atoms with E-state index in [-0.39, 0.29) is 29.7 Å². The minimum atomic E-state index is -0.500. The molecule has 1 heterocycles. The van der Waals surface area contributed by atoms with Crippen molar-refractivity contribution in [3.63, 3.8) is 0 Å². The summed E-state index contributed by atoms with van der Waals surface area (Å²) < 4.78 is 18.9. The van der Waals surface area contributed by atoms with Gasteiger partial charge in [0.2, 0.25) is 0 Å². The highest BCUT2D eigenvalue weighted by atomic mass is 19.1. The van der Waals surface area contributed by atoms with E-state index in [4.69, 9.17) is 4.74 Å². The molecule has 3 rings (SSSR count). The van der Waals surface area contributed by atoms with Gasteiger partial charge in [-0.15, -0.1) is 0 Å². The number of benzene rings is 1. The molecule has 0 unspecified atom stereocenters. The van der Waals surface area contributed by atoms with Gasteiger partial charge in [0.1, 0.15) is 11.6 Å². The molecule has 1 N–H and O–H groups in total. The predicted octanol–water partition coefficient (Wildman–Crippen LogP) is 1.97. The lowest BCUT2D eigenvalue weighted by atomic mass is 10.1. The molecule has 0 bridgehead atoms. The molecule has 1 aromatic rings. The third-order valence-corrected chi connectivity index (χ3v) is 4.24. The van der Waals surface area contributed by atoms with Crippen molar-refractivity contribution in [2.24, 2.45) is 5.92 Å². The lowest BCUT2D eigenvalue weighted by Gasteiger charge is -2.16. The highest BCUT2D eigenvalue weighted by molar-refractivity contribution is 5.97. The summed E-state index contributed by atoms with van der Waals surface area (Å²) in [5.74, 6) is -0.183. The first kappa shape index (κ1) is 15.8. The third kappa shape index (κ3) is 4.21. The Morgan fingerprint density at radius 2 is 2.00 bits per heavy atom. The monoisotopic (exact) mass is 320 g/mol.